The van der Waals surface area contributed by atoms with E-state index in [1.165, 1.54) is 5.56 Å². The first-order chi connectivity index (χ1) is 15.4. The molecule has 2 N–H and O–H groups in total. The molecule has 0 saturated heterocycles. The highest BCUT2D eigenvalue weighted by Crippen LogP contribution is 2.25. The molecule has 0 aromatic heterocycles. The van der Waals surface area contributed by atoms with Crippen molar-refractivity contribution in [1.29, 1.82) is 0 Å². The number of terminal acetylenes is 1. The van der Waals surface area contributed by atoms with Gasteiger partial charge >= 0.3 is 5.97 Å². The van der Waals surface area contributed by atoms with Crippen LogP contribution in [0.3, 0.4) is 0 Å². The molecule has 1 amide bonds. The van der Waals surface area contributed by atoms with Crippen LogP contribution in [0.2, 0.25) is 0 Å². The summed E-state index contributed by atoms with van der Waals surface area (Å²) in [5.74, 6) is 2.42. The average molecular weight is 433 g/mol. The summed E-state index contributed by atoms with van der Waals surface area (Å²) >= 11 is 0. The molecular formula is C25H28N4O3. The summed E-state index contributed by atoms with van der Waals surface area (Å²) < 4.78 is 5.06. The summed E-state index contributed by atoms with van der Waals surface area (Å²) in [5, 5.41) is 0. The highest BCUT2D eigenvalue weighted by molar-refractivity contribution is 6.06. The van der Waals surface area contributed by atoms with Crippen molar-refractivity contribution in [3.8, 4) is 12.3 Å². The number of amides is 1. The van der Waals surface area contributed by atoms with Crippen LogP contribution < -0.4 is 10.6 Å². The zero-order chi connectivity index (χ0) is 23.1. The molecule has 0 spiro atoms. The van der Waals surface area contributed by atoms with E-state index in [-0.39, 0.29) is 25.0 Å². The summed E-state index contributed by atoms with van der Waals surface area (Å²) in [6, 6.07) is 13.0. The Morgan fingerprint density at radius 3 is 2.59 bits per heavy atom. The molecule has 1 heterocycles. The van der Waals surface area contributed by atoms with Crippen LogP contribution in [-0.2, 0) is 22.5 Å². The Labute approximate surface area is 188 Å². The van der Waals surface area contributed by atoms with Gasteiger partial charge in [0.2, 0.25) is 0 Å². The molecule has 0 bridgehead atoms. The Hall–Kier alpha value is -3.63. The standard InChI is InChI=1S/C25H28N4O3/c1-4-13-27-24(26)19-6-8-20(9-7-19)25(31)28(3)22-11-10-18-12-14-29(16-21(18)15-22)17-23(30)32-5-2/h1,6-11,15H,5,12-14,16-17H2,2-3H3,(H2,26,27). The number of nitrogens with zero attached hydrogens (tertiary/aromatic N) is 3. The number of benzene rings is 2. The lowest BCUT2D eigenvalue weighted by Crippen LogP contribution is -2.36. The van der Waals surface area contributed by atoms with E-state index >= 15 is 0 Å². The van der Waals surface area contributed by atoms with E-state index < -0.39 is 0 Å². The van der Waals surface area contributed by atoms with Gasteiger partial charge in [0.1, 0.15) is 12.4 Å². The normalized spacial score (nSPS) is 13.7. The minimum Gasteiger partial charge on any atom is -0.465 e. The summed E-state index contributed by atoms with van der Waals surface area (Å²) in [5.41, 5.74) is 10.3. The number of hydrogen-bond donors (Lipinski definition) is 1. The molecule has 0 atom stereocenters. The highest BCUT2D eigenvalue weighted by atomic mass is 16.5. The first kappa shape index (κ1) is 23.0. The van der Waals surface area contributed by atoms with Crippen LogP contribution in [-0.4, -0.2) is 55.9 Å². The van der Waals surface area contributed by atoms with Crippen LogP contribution in [0.1, 0.15) is 34.0 Å². The topological polar surface area (TPSA) is 88.2 Å². The maximum atomic E-state index is 13.0. The number of ether oxygens (including phenoxy) is 1. The third-order valence-electron chi connectivity index (χ3n) is 5.40. The van der Waals surface area contributed by atoms with Crippen LogP contribution in [0.25, 0.3) is 0 Å². The first-order valence-electron chi connectivity index (χ1n) is 10.5. The third kappa shape index (κ3) is 5.54. The van der Waals surface area contributed by atoms with Gasteiger partial charge in [-0.3, -0.25) is 19.5 Å². The van der Waals surface area contributed by atoms with Crippen molar-refractivity contribution >= 4 is 23.4 Å². The molecule has 0 radical (unpaired) electrons. The quantitative estimate of drug-likeness (QED) is 0.314. The number of aliphatic imine (C=N–C) groups is 1. The summed E-state index contributed by atoms with van der Waals surface area (Å²) in [6.45, 7) is 4.12. The van der Waals surface area contributed by atoms with Gasteiger partial charge < -0.3 is 15.4 Å². The molecule has 0 unspecified atom stereocenters. The maximum Gasteiger partial charge on any atom is 0.320 e. The van der Waals surface area contributed by atoms with Crippen molar-refractivity contribution in [1.82, 2.24) is 4.90 Å². The lowest BCUT2D eigenvalue weighted by molar-refractivity contribution is -0.144. The molecule has 0 saturated carbocycles. The van der Waals surface area contributed by atoms with E-state index in [1.54, 1.807) is 43.1 Å². The molecule has 7 heteroatoms. The van der Waals surface area contributed by atoms with E-state index in [9.17, 15) is 9.59 Å². The number of hydrogen-bond acceptors (Lipinski definition) is 5. The van der Waals surface area contributed by atoms with Crippen LogP contribution in [0.5, 0.6) is 0 Å². The van der Waals surface area contributed by atoms with Crippen molar-refractivity contribution in [3.05, 3.63) is 64.7 Å². The fraction of sp³-hybridized carbons (Fsp3) is 0.320. The van der Waals surface area contributed by atoms with Crippen LogP contribution in [0.15, 0.2) is 47.5 Å². The monoisotopic (exact) mass is 432 g/mol. The molecule has 3 rings (SSSR count). The minimum absolute atomic E-state index is 0.130. The number of rotatable bonds is 7. The van der Waals surface area contributed by atoms with E-state index in [0.717, 1.165) is 29.8 Å². The average Bonchev–Trinajstić information content (AvgIpc) is 2.81. The van der Waals surface area contributed by atoms with Crippen molar-refractivity contribution in [2.24, 2.45) is 10.7 Å². The number of anilines is 1. The zero-order valence-corrected chi connectivity index (χ0v) is 18.5. The number of carbonyl (C=O) groups excluding carboxylic acids is 2. The van der Waals surface area contributed by atoms with Gasteiger partial charge in [-0.15, -0.1) is 6.42 Å². The second-order valence-corrected chi connectivity index (χ2v) is 7.57. The predicted octanol–water partition coefficient (Wildman–Crippen LogP) is 2.22. The highest BCUT2D eigenvalue weighted by Gasteiger charge is 2.21. The lowest BCUT2D eigenvalue weighted by Gasteiger charge is -2.29. The van der Waals surface area contributed by atoms with E-state index in [0.29, 0.717) is 24.6 Å². The van der Waals surface area contributed by atoms with Gasteiger partial charge in [0, 0.05) is 37.0 Å². The maximum absolute atomic E-state index is 13.0. The lowest BCUT2D eigenvalue weighted by atomic mass is 9.98. The van der Waals surface area contributed by atoms with Gasteiger partial charge in [-0.25, -0.2) is 0 Å². The third-order valence-corrected chi connectivity index (χ3v) is 5.40. The molecule has 2 aromatic rings. The number of amidine groups is 1. The predicted molar refractivity (Wildman–Crippen MR) is 126 cm³/mol. The smallest absolute Gasteiger partial charge is 0.320 e. The Bertz CT molecular complexity index is 1050. The first-order valence-corrected chi connectivity index (χ1v) is 10.5. The molecule has 7 nitrogen and oxygen atoms in total. The Balaban J connectivity index is 1.71. The van der Waals surface area contributed by atoms with E-state index in [4.69, 9.17) is 16.9 Å². The largest absolute Gasteiger partial charge is 0.465 e. The number of nitrogens with two attached hydrogens (primary N) is 1. The number of fused-ring (bicyclic) bond motifs is 1. The SMILES string of the molecule is C#CCN=C(N)c1ccc(C(=O)N(C)c2ccc3c(c2)CN(CC(=O)OCC)CC3)cc1. The van der Waals surface area contributed by atoms with Gasteiger partial charge in [-0.1, -0.05) is 24.1 Å². The van der Waals surface area contributed by atoms with E-state index in [2.05, 4.69) is 21.9 Å². The molecule has 0 aliphatic carbocycles. The van der Waals surface area contributed by atoms with Crippen LogP contribution in [0.4, 0.5) is 5.69 Å². The van der Waals surface area contributed by atoms with Gasteiger partial charge in [0.15, 0.2) is 0 Å². The summed E-state index contributed by atoms with van der Waals surface area (Å²) in [4.78, 5) is 32.6. The minimum atomic E-state index is -0.215. The second kappa shape index (κ2) is 10.6. The summed E-state index contributed by atoms with van der Waals surface area (Å²) in [6.07, 6.45) is 6.06. The van der Waals surface area contributed by atoms with Crippen molar-refractivity contribution < 1.29 is 14.3 Å². The Morgan fingerprint density at radius 1 is 1.19 bits per heavy atom. The van der Waals surface area contributed by atoms with Gasteiger partial charge in [-0.05, 0) is 48.7 Å². The molecule has 32 heavy (non-hydrogen) atoms. The summed E-state index contributed by atoms with van der Waals surface area (Å²) in [7, 11) is 1.75. The van der Waals surface area contributed by atoms with Gasteiger partial charge in [0.25, 0.3) is 5.91 Å². The van der Waals surface area contributed by atoms with Gasteiger partial charge in [-0.2, -0.15) is 0 Å². The Kier molecular flexibility index (Phi) is 7.63. The molecule has 1 aliphatic rings. The van der Waals surface area contributed by atoms with Crippen molar-refractivity contribution in [3.63, 3.8) is 0 Å². The van der Waals surface area contributed by atoms with Gasteiger partial charge in [0.05, 0.1) is 13.2 Å². The number of carbonyl (C=O) groups is 2. The molecule has 0 fully saturated rings. The van der Waals surface area contributed by atoms with Crippen LogP contribution in [0, 0.1) is 12.3 Å². The Morgan fingerprint density at radius 2 is 1.91 bits per heavy atom. The fourth-order valence-electron chi connectivity index (χ4n) is 3.65. The molecular weight excluding hydrogens is 404 g/mol. The van der Waals surface area contributed by atoms with Crippen molar-refractivity contribution in [2.75, 3.05) is 38.2 Å². The number of esters is 1. The molecule has 166 valence electrons. The van der Waals surface area contributed by atoms with Crippen LogP contribution >= 0.6 is 0 Å². The fourth-order valence-corrected chi connectivity index (χ4v) is 3.65. The molecule has 2 aromatic carbocycles. The zero-order valence-electron chi connectivity index (χ0n) is 18.5. The van der Waals surface area contributed by atoms with Crippen molar-refractivity contribution in [2.45, 2.75) is 19.9 Å². The molecule has 1 aliphatic heterocycles. The second-order valence-electron chi connectivity index (χ2n) is 7.57. The van der Waals surface area contributed by atoms with E-state index in [1.807, 2.05) is 12.1 Å².